The monoisotopic (exact) mass is 622 g/mol. The van der Waals surface area contributed by atoms with E-state index in [0.717, 1.165) is 35.4 Å². The lowest BCUT2D eigenvalue weighted by atomic mass is 9.80. The van der Waals surface area contributed by atoms with Crippen LogP contribution >= 0.6 is 69.5 Å². The van der Waals surface area contributed by atoms with E-state index in [1.165, 1.54) is 35.5 Å². The van der Waals surface area contributed by atoms with Crippen LogP contribution in [0.3, 0.4) is 0 Å². The van der Waals surface area contributed by atoms with Crippen LogP contribution in [-0.4, -0.2) is 20.2 Å². The van der Waals surface area contributed by atoms with Crippen molar-refractivity contribution in [3.8, 4) is 0 Å². The van der Waals surface area contributed by atoms with Gasteiger partial charge in [0.25, 0.3) is 0 Å². The van der Waals surface area contributed by atoms with Gasteiger partial charge in [-0.1, -0.05) is 114 Å². The molecule has 0 aromatic rings. The van der Waals surface area contributed by atoms with Crippen molar-refractivity contribution < 1.29 is 0 Å². The highest BCUT2D eigenvalue weighted by Gasteiger charge is 2.35. The van der Waals surface area contributed by atoms with Crippen molar-refractivity contribution in [2.45, 2.75) is 117 Å². The van der Waals surface area contributed by atoms with E-state index in [1.54, 1.807) is 9.81 Å². The van der Waals surface area contributed by atoms with Gasteiger partial charge in [0.15, 0.2) is 0 Å². The van der Waals surface area contributed by atoms with Crippen molar-refractivity contribution in [2.24, 2.45) is 21.7 Å². The molecule has 0 aromatic heterocycles. The molecule has 2 unspecified atom stereocenters. The molecule has 2 atom stereocenters. The van der Waals surface area contributed by atoms with Crippen molar-refractivity contribution in [3.05, 3.63) is 43.9 Å². The standard InChI is InChI=1S/C32H46S6/c1-29(2)13-21(33)9-23(15-29)35-25-11-27(19-31(5,6)17-25)37-38-28-12-26(18-32(7,8)20-28)36-24-10-22(34)14-30(3,4)16-24/h9-12,25-26H,13-20H2,1-8H3. The molecule has 0 fully saturated rings. The summed E-state index contributed by atoms with van der Waals surface area (Å²) in [6.45, 7) is 19.2. The number of hydrogen-bond donors (Lipinski definition) is 0. The normalized spacial score (nSPS) is 30.2. The first kappa shape index (κ1) is 31.5. The zero-order valence-corrected chi connectivity index (χ0v) is 29.5. The molecular weight excluding hydrogens is 577 g/mol. The van der Waals surface area contributed by atoms with Crippen LogP contribution in [0.25, 0.3) is 0 Å². The van der Waals surface area contributed by atoms with Crippen LogP contribution in [0, 0.1) is 21.7 Å². The van der Waals surface area contributed by atoms with Gasteiger partial charge in [-0.3, -0.25) is 0 Å². The first-order chi connectivity index (χ1) is 17.5. The zero-order valence-electron chi connectivity index (χ0n) is 24.6. The SMILES string of the molecule is CC1(C)CC(=S)C=C(SC2C=C(SSC3=CC(SC4=CC(=S)CC(C)(C)C4)CC(C)(C)C3)CC(C)(C)C2)C1. The minimum Gasteiger partial charge on any atom is -0.123 e. The van der Waals surface area contributed by atoms with E-state index in [0.29, 0.717) is 32.2 Å². The highest BCUT2D eigenvalue weighted by atomic mass is 33.1. The highest BCUT2D eigenvalue weighted by Crippen LogP contribution is 2.54. The third-order valence-electron chi connectivity index (χ3n) is 7.67. The van der Waals surface area contributed by atoms with Gasteiger partial charge in [0.1, 0.15) is 0 Å². The molecule has 38 heavy (non-hydrogen) atoms. The van der Waals surface area contributed by atoms with Gasteiger partial charge in [0, 0.05) is 20.2 Å². The molecule has 4 aliphatic carbocycles. The van der Waals surface area contributed by atoms with E-state index in [2.05, 4.69) is 103 Å². The van der Waals surface area contributed by atoms with E-state index >= 15 is 0 Å². The molecule has 0 bridgehead atoms. The zero-order chi connectivity index (χ0) is 27.9. The first-order valence-electron chi connectivity index (χ1n) is 14.0. The number of allylic oxidation sites excluding steroid dienone is 6. The predicted octanol–water partition coefficient (Wildman–Crippen LogP) is 12.1. The summed E-state index contributed by atoms with van der Waals surface area (Å²) in [6.07, 6.45) is 19.0. The van der Waals surface area contributed by atoms with Crippen molar-refractivity contribution in [2.75, 3.05) is 0 Å². The lowest BCUT2D eigenvalue weighted by Crippen LogP contribution is -2.25. The molecule has 6 heteroatoms. The first-order valence-corrected chi connectivity index (χ1v) is 18.8. The summed E-state index contributed by atoms with van der Waals surface area (Å²) in [4.78, 5) is 8.33. The Morgan fingerprint density at radius 3 is 1.21 bits per heavy atom. The van der Waals surface area contributed by atoms with Crippen LogP contribution in [0.1, 0.15) is 107 Å². The van der Waals surface area contributed by atoms with Crippen LogP contribution in [0.2, 0.25) is 0 Å². The summed E-state index contributed by atoms with van der Waals surface area (Å²) in [5, 5.41) is 1.07. The van der Waals surface area contributed by atoms with Crippen LogP contribution in [0.4, 0.5) is 0 Å². The summed E-state index contributed by atoms with van der Waals surface area (Å²) < 4.78 is 0. The predicted molar refractivity (Wildman–Crippen MR) is 188 cm³/mol. The average Bonchev–Trinajstić information content (AvgIpc) is 2.66. The second-order valence-corrected chi connectivity index (χ2v) is 21.2. The third-order valence-corrected chi connectivity index (χ3v) is 13.1. The van der Waals surface area contributed by atoms with Gasteiger partial charge in [0.05, 0.1) is 0 Å². The van der Waals surface area contributed by atoms with Crippen molar-refractivity contribution >= 4 is 79.3 Å². The van der Waals surface area contributed by atoms with Gasteiger partial charge in [-0.05, 0) is 105 Å². The minimum absolute atomic E-state index is 0.290. The van der Waals surface area contributed by atoms with E-state index in [-0.39, 0.29) is 0 Å². The Balaban J connectivity index is 1.43. The molecule has 0 aromatic carbocycles. The van der Waals surface area contributed by atoms with Crippen molar-refractivity contribution in [1.82, 2.24) is 0 Å². The Morgan fingerprint density at radius 1 is 0.526 bits per heavy atom. The Morgan fingerprint density at radius 2 is 0.868 bits per heavy atom. The molecular formula is C32H46S6. The molecule has 4 aliphatic rings. The van der Waals surface area contributed by atoms with E-state index < -0.39 is 0 Å². The third kappa shape index (κ3) is 9.54. The fraction of sp³-hybridized carbons (Fsp3) is 0.688. The smallest absolute Gasteiger partial charge is 0.0287 e. The summed E-state index contributed by atoms with van der Waals surface area (Å²) in [6, 6.07) is 0. The summed E-state index contributed by atoms with van der Waals surface area (Å²) >= 11 is 15.4. The quantitative estimate of drug-likeness (QED) is 0.203. The highest BCUT2D eigenvalue weighted by molar-refractivity contribution is 8.79. The van der Waals surface area contributed by atoms with Gasteiger partial charge >= 0.3 is 0 Å². The van der Waals surface area contributed by atoms with Gasteiger partial charge in [0.2, 0.25) is 0 Å². The van der Waals surface area contributed by atoms with Gasteiger partial charge in [-0.2, -0.15) is 0 Å². The number of hydrogen-bond acceptors (Lipinski definition) is 6. The fourth-order valence-corrected chi connectivity index (χ4v) is 14.3. The largest absolute Gasteiger partial charge is 0.123 e. The molecule has 0 nitrogen and oxygen atoms in total. The Labute approximate surface area is 260 Å². The van der Waals surface area contributed by atoms with E-state index in [9.17, 15) is 0 Å². The molecule has 0 amide bonds. The van der Waals surface area contributed by atoms with Gasteiger partial charge in [-0.25, -0.2) is 0 Å². The van der Waals surface area contributed by atoms with E-state index in [4.69, 9.17) is 24.4 Å². The number of thiocarbonyl (C=S) groups is 2. The topological polar surface area (TPSA) is 0 Å². The molecule has 0 aliphatic heterocycles. The molecule has 0 radical (unpaired) electrons. The Bertz CT molecular complexity index is 995. The lowest BCUT2D eigenvalue weighted by Gasteiger charge is -2.37. The maximum absolute atomic E-state index is 5.65. The summed E-state index contributed by atoms with van der Waals surface area (Å²) in [5.41, 5.74) is 1.24. The van der Waals surface area contributed by atoms with Gasteiger partial charge < -0.3 is 0 Å². The fourth-order valence-electron chi connectivity index (χ4n) is 6.32. The average molecular weight is 623 g/mol. The van der Waals surface area contributed by atoms with Crippen LogP contribution in [0.5, 0.6) is 0 Å². The Kier molecular flexibility index (Phi) is 9.97. The Hall–Kier alpha value is 0.540. The van der Waals surface area contributed by atoms with Crippen LogP contribution in [0.15, 0.2) is 43.9 Å². The second kappa shape index (κ2) is 12.0. The molecule has 210 valence electrons. The molecule has 0 saturated carbocycles. The van der Waals surface area contributed by atoms with E-state index in [1.807, 2.05) is 21.6 Å². The maximum atomic E-state index is 5.65. The van der Waals surface area contributed by atoms with Crippen molar-refractivity contribution in [1.29, 1.82) is 0 Å². The minimum atomic E-state index is 0.290. The molecule has 0 spiro atoms. The lowest BCUT2D eigenvalue weighted by molar-refractivity contribution is 0.331. The summed E-state index contributed by atoms with van der Waals surface area (Å²) in [5.74, 6) is 0. The van der Waals surface area contributed by atoms with Crippen LogP contribution in [-0.2, 0) is 0 Å². The molecule has 4 rings (SSSR count). The number of thioether (sulfide) groups is 2. The van der Waals surface area contributed by atoms with Crippen molar-refractivity contribution in [3.63, 3.8) is 0 Å². The molecule has 0 saturated heterocycles. The van der Waals surface area contributed by atoms with Gasteiger partial charge in [-0.15, -0.1) is 23.5 Å². The maximum Gasteiger partial charge on any atom is 0.0287 e. The molecule has 0 heterocycles. The second-order valence-electron chi connectivity index (χ2n) is 15.0. The van der Waals surface area contributed by atoms with Crippen LogP contribution < -0.4 is 0 Å². The number of rotatable bonds is 7. The summed E-state index contributed by atoms with van der Waals surface area (Å²) in [7, 11) is 4.06. The molecule has 0 N–H and O–H groups in total.